The maximum atomic E-state index is 12.4. The van der Waals surface area contributed by atoms with Gasteiger partial charge in [0.1, 0.15) is 5.78 Å². The van der Waals surface area contributed by atoms with Crippen LogP contribution in [0.1, 0.15) is 33.9 Å². The van der Waals surface area contributed by atoms with Crippen molar-refractivity contribution in [3.63, 3.8) is 0 Å². The highest BCUT2D eigenvalue weighted by Gasteiger charge is 2.16. The normalized spacial score (nSPS) is 11.9. The van der Waals surface area contributed by atoms with Crippen LogP contribution in [-0.2, 0) is 11.2 Å². The largest absolute Gasteiger partial charge is 0.299 e. The molecule has 0 heterocycles. The standard InChI is InChI=1S/C24H23ClOS/c1-18-7-10-20(11-8-18)24(21-12-14-22(25)15-13-21)27-17-23(26)16-9-19-5-3-2-4-6-19/h2-8,10-15,24H,9,16-17H2,1H3. The van der Waals surface area contributed by atoms with Gasteiger partial charge in [-0.25, -0.2) is 0 Å². The van der Waals surface area contributed by atoms with Crippen LogP contribution in [0.25, 0.3) is 0 Å². The molecule has 3 aromatic rings. The van der Waals surface area contributed by atoms with E-state index in [-0.39, 0.29) is 11.0 Å². The second-order valence-electron chi connectivity index (χ2n) is 6.68. The molecule has 0 spiro atoms. The van der Waals surface area contributed by atoms with Gasteiger partial charge in [-0.3, -0.25) is 4.79 Å². The second kappa shape index (κ2) is 9.77. The molecule has 0 aromatic heterocycles. The van der Waals surface area contributed by atoms with Crippen LogP contribution in [0.4, 0.5) is 0 Å². The average molecular weight is 395 g/mol. The van der Waals surface area contributed by atoms with Gasteiger partial charge in [0.2, 0.25) is 0 Å². The molecule has 0 aliphatic rings. The minimum absolute atomic E-state index is 0.128. The molecule has 3 rings (SSSR count). The fraction of sp³-hybridized carbons (Fsp3) is 0.208. The first kappa shape index (κ1) is 19.7. The maximum Gasteiger partial charge on any atom is 0.143 e. The minimum atomic E-state index is 0.128. The number of halogens is 1. The van der Waals surface area contributed by atoms with Gasteiger partial charge in [0.25, 0.3) is 0 Å². The Morgan fingerprint density at radius 2 is 1.48 bits per heavy atom. The molecule has 0 fully saturated rings. The summed E-state index contributed by atoms with van der Waals surface area (Å²) in [5.41, 5.74) is 4.83. The zero-order chi connectivity index (χ0) is 19.1. The fourth-order valence-corrected chi connectivity index (χ4v) is 4.26. The van der Waals surface area contributed by atoms with Crippen molar-refractivity contribution in [2.24, 2.45) is 0 Å². The lowest BCUT2D eigenvalue weighted by atomic mass is 10.0. The molecule has 3 heteroatoms. The minimum Gasteiger partial charge on any atom is -0.299 e. The molecule has 0 amide bonds. The van der Waals surface area contributed by atoms with E-state index in [9.17, 15) is 4.79 Å². The molecule has 1 nitrogen and oxygen atoms in total. The van der Waals surface area contributed by atoms with Crippen LogP contribution in [0.15, 0.2) is 78.9 Å². The Labute approximate surface area is 170 Å². The maximum absolute atomic E-state index is 12.4. The quantitative estimate of drug-likeness (QED) is 0.424. The lowest BCUT2D eigenvalue weighted by Gasteiger charge is -2.18. The summed E-state index contributed by atoms with van der Waals surface area (Å²) in [6, 6.07) is 26.6. The van der Waals surface area contributed by atoms with Gasteiger partial charge in [-0.15, -0.1) is 11.8 Å². The molecular weight excluding hydrogens is 372 g/mol. The summed E-state index contributed by atoms with van der Waals surface area (Å²) in [4.78, 5) is 12.4. The van der Waals surface area contributed by atoms with Gasteiger partial charge in [-0.05, 0) is 42.2 Å². The molecular formula is C24H23ClOS. The molecule has 0 aliphatic heterocycles. The van der Waals surface area contributed by atoms with Crippen LogP contribution in [0.3, 0.4) is 0 Å². The van der Waals surface area contributed by atoms with Crippen LogP contribution in [0, 0.1) is 6.92 Å². The third-order valence-corrected chi connectivity index (χ3v) is 6.12. The summed E-state index contributed by atoms with van der Waals surface area (Å²) in [5.74, 6) is 0.795. The number of aryl methyl sites for hydroxylation is 2. The molecule has 3 aromatic carbocycles. The molecule has 0 aliphatic carbocycles. The molecule has 1 unspecified atom stereocenters. The Morgan fingerprint density at radius 1 is 0.889 bits per heavy atom. The summed E-state index contributed by atoms with van der Waals surface area (Å²) in [7, 11) is 0. The van der Waals surface area contributed by atoms with E-state index in [0.717, 1.165) is 11.4 Å². The fourth-order valence-electron chi connectivity index (χ4n) is 2.94. The van der Waals surface area contributed by atoms with Crippen molar-refractivity contribution in [3.05, 3.63) is 106 Å². The summed E-state index contributed by atoms with van der Waals surface area (Å²) >= 11 is 7.74. The highest BCUT2D eigenvalue weighted by Crippen LogP contribution is 2.36. The number of Topliss-reactive ketones (excluding diaryl/α,β-unsaturated/α-hetero) is 1. The summed E-state index contributed by atoms with van der Waals surface area (Å²) in [6.45, 7) is 2.08. The first-order valence-electron chi connectivity index (χ1n) is 9.11. The molecule has 27 heavy (non-hydrogen) atoms. The van der Waals surface area contributed by atoms with Crippen molar-refractivity contribution < 1.29 is 4.79 Å². The Balaban J connectivity index is 1.67. The number of hydrogen-bond acceptors (Lipinski definition) is 2. The third kappa shape index (κ3) is 5.98. The molecule has 0 saturated heterocycles. The third-order valence-electron chi connectivity index (χ3n) is 4.50. The number of thioether (sulfide) groups is 1. The zero-order valence-electron chi connectivity index (χ0n) is 15.4. The van der Waals surface area contributed by atoms with E-state index in [1.165, 1.54) is 22.3 Å². The predicted molar refractivity (Wildman–Crippen MR) is 117 cm³/mol. The van der Waals surface area contributed by atoms with Crippen molar-refractivity contribution in [1.82, 2.24) is 0 Å². The first-order valence-corrected chi connectivity index (χ1v) is 10.5. The van der Waals surface area contributed by atoms with Gasteiger partial charge in [0.05, 0.1) is 11.0 Å². The monoisotopic (exact) mass is 394 g/mol. The van der Waals surface area contributed by atoms with E-state index < -0.39 is 0 Å². The number of carbonyl (C=O) groups is 1. The molecule has 0 N–H and O–H groups in total. The first-order chi connectivity index (χ1) is 13.1. The van der Waals surface area contributed by atoms with Gasteiger partial charge in [0.15, 0.2) is 0 Å². The van der Waals surface area contributed by atoms with Crippen molar-refractivity contribution in [2.45, 2.75) is 25.0 Å². The predicted octanol–water partition coefficient (Wildman–Crippen LogP) is 6.67. The lowest BCUT2D eigenvalue weighted by molar-refractivity contribution is -0.116. The van der Waals surface area contributed by atoms with Gasteiger partial charge in [-0.1, -0.05) is 83.9 Å². The molecule has 0 radical (unpaired) electrons. The topological polar surface area (TPSA) is 17.1 Å². The number of benzene rings is 3. The highest BCUT2D eigenvalue weighted by atomic mass is 35.5. The summed E-state index contributed by atoms with van der Waals surface area (Å²) in [5, 5.41) is 0.855. The number of hydrogen-bond donors (Lipinski definition) is 0. The van der Waals surface area contributed by atoms with Crippen LogP contribution in [-0.4, -0.2) is 11.5 Å². The van der Waals surface area contributed by atoms with E-state index in [4.69, 9.17) is 11.6 Å². The van der Waals surface area contributed by atoms with Crippen LogP contribution in [0.5, 0.6) is 0 Å². The Bertz CT molecular complexity index is 812. The van der Waals surface area contributed by atoms with Crippen molar-refractivity contribution >= 4 is 29.1 Å². The van der Waals surface area contributed by atoms with Crippen molar-refractivity contribution in [3.8, 4) is 0 Å². The van der Waals surface area contributed by atoms with E-state index in [1.807, 2.05) is 42.5 Å². The highest BCUT2D eigenvalue weighted by molar-refractivity contribution is 8.00. The number of ketones is 1. The Hall–Kier alpha value is -2.03. The van der Waals surface area contributed by atoms with Crippen molar-refractivity contribution in [2.75, 3.05) is 5.75 Å². The van der Waals surface area contributed by atoms with Crippen molar-refractivity contribution in [1.29, 1.82) is 0 Å². The molecule has 0 saturated carbocycles. The summed E-state index contributed by atoms with van der Waals surface area (Å²) in [6.07, 6.45) is 1.38. The zero-order valence-corrected chi connectivity index (χ0v) is 17.0. The second-order valence-corrected chi connectivity index (χ2v) is 8.21. The Kier molecular flexibility index (Phi) is 7.14. The Morgan fingerprint density at radius 3 is 2.11 bits per heavy atom. The molecule has 1 atom stereocenters. The van der Waals surface area contributed by atoms with Crippen LogP contribution < -0.4 is 0 Å². The van der Waals surface area contributed by atoms with E-state index in [1.54, 1.807) is 11.8 Å². The number of rotatable bonds is 8. The van der Waals surface area contributed by atoms with Crippen LogP contribution >= 0.6 is 23.4 Å². The number of carbonyl (C=O) groups excluding carboxylic acids is 1. The molecule has 0 bridgehead atoms. The van der Waals surface area contributed by atoms with Gasteiger partial charge in [-0.2, -0.15) is 0 Å². The SMILES string of the molecule is Cc1ccc(C(SCC(=O)CCc2ccccc2)c2ccc(Cl)cc2)cc1. The smallest absolute Gasteiger partial charge is 0.143 e. The van der Waals surface area contributed by atoms with E-state index in [0.29, 0.717) is 12.2 Å². The van der Waals surface area contributed by atoms with E-state index in [2.05, 4.69) is 43.3 Å². The van der Waals surface area contributed by atoms with Gasteiger partial charge in [0, 0.05) is 11.4 Å². The summed E-state index contributed by atoms with van der Waals surface area (Å²) < 4.78 is 0. The van der Waals surface area contributed by atoms with E-state index >= 15 is 0 Å². The van der Waals surface area contributed by atoms with Gasteiger partial charge < -0.3 is 0 Å². The van der Waals surface area contributed by atoms with Gasteiger partial charge >= 0.3 is 0 Å². The van der Waals surface area contributed by atoms with Crippen LogP contribution in [0.2, 0.25) is 5.02 Å². The molecule has 138 valence electrons. The lowest BCUT2D eigenvalue weighted by Crippen LogP contribution is -2.07. The average Bonchev–Trinajstić information content (AvgIpc) is 2.70.